The summed E-state index contributed by atoms with van der Waals surface area (Å²) in [6.45, 7) is 1.34. The van der Waals surface area contributed by atoms with E-state index in [1.54, 1.807) is 43.5 Å². The molecule has 34 heavy (non-hydrogen) atoms. The average Bonchev–Trinajstić information content (AvgIpc) is 3.23. The summed E-state index contributed by atoms with van der Waals surface area (Å²) in [4.78, 5) is 8.97. The number of alkyl halides is 3. The van der Waals surface area contributed by atoms with Crippen molar-refractivity contribution >= 4 is 15.7 Å². The lowest BCUT2D eigenvalue weighted by molar-refractivity contribution is -0.0492. The molecule has 0 aliphatic carbocycles. The third kappa shape index (κ3) is 4.95. The fourth-order valence-corrected chi connectivity index (χ4v) is 5.22. The largest absolute Gasteiger partial charge is 0.511 e. The summed E-state index contributed by atoms with van der Waals surface area (Å²) in [5.74, 6) is -0.383. The van der Waals surface area contributed by atoms with Gasteiger partial charge in [-0.05, 0) is 54.7 Å². The minimum atomic E-state index is -5.55. The van der Waals surface area contributed by atoms with Gasteiger partial charge in [0.05, 0.1) is 18.6 Å². The van der Waals surface area contributed by atoms with Crippen LogP contribution in [-0.4, -0.2) is 40.8 Å². The Hall–Kier alpha value is -2.92. The lowest BCUT2D eigenvalue weighted by atomic mass is 10.0. The molecule has 3 aromatic rings. The maximum absolute atomic E-state index is 13.6. The quantitative estimate of drug-likeness (QED) is 0.509. The third-order valence-electron chi connectivity index (χ3n) is 6.09. The third-order valence-corrected chi connectivity index (χ3v) is 7.64. The highest BCUT2D eigenvalue weighted by molar-refractivity contribution is 7.89. The van der Waals surface area contributed by atoms with Crippen LogP contribution in [0.5, 0.6) is 0 Å². The summed E-state index contributed by atoms with van der Waals surface area (Å²) in [5.41, 5.74) is -1.95. The molecular formula is C23H24F4N4O2S. The van der Waals surface area contributed by atoms with E-state index in [2.05, 4.69) is 9.97 Å². The van der Waals surface area contributed by atoms with E-state index in [0.29, 0.717) is 40.5 Å². The molecule has 2 aromatic carbocycles. The zero-order valence-electron chi connectivity index (χ0n) is 18.4. The van der Waals surface area contributed by atoms with Gasteiger partial charge in [-0.15, -0.1) is 0 Å². The normalized spacial score (nSPS) is 17.4. The molecule has 0 unspecified atom stereocenters. The second-order valence-corrected chi connectivity index (χ2v) is 10.3. The molecule has 0 spiro atoms. The molecule has 1 aliphatic heterocycles. The number of imidazole rings is 1. The molecule has 0 amide bonds. The van der Waals surface area contributed by atoms with Gasteiger partial charge in [-0.2, -0.15) is 17.5 Å². The monoisotopic (exact) mass is 496 g/mol. The van der Waals surface area contributed by atoms with Crippen LogP contribution in [0, 0.1) is 12.7 Å². The zero-order valence-corrected chi connectivity index (χ0v) is 19.2. The maximum Gasteiger partial charge on any atom is 0.511 e. The first kappa shape index (κ1) is 24.2. The van der Waals surface area contributed by atoms with Gasteiger partial charge in [-0.3, -0.25) is 0 Å². The number of aromatic amines is 1. The minimum absolute atomic E-state index is 0.310. The van der Waals surface area contributed by atoms with Crippen LogP contribution < -0.4 is 4.90 Å². The van der Waals surface area contributed by atoms with Crippen molar-refractivity contribution in [3.05, 3.63) is 83.2 Å². The van der Waals surface area contributed by atoms with E-state index in [0.717, 1.165) is 11.3 Å². The number of H-pyrrole nitrogens is 1. The van der Waals surface area contributed by atoms with Gasteiger partial charge in [-0.1, -0.05) is 24.3 Å². The van der Waals surface area contributed by atoms with Gasteiger partial charge in [0.2, 0.25) is 0 Å². The first-order valence-electron chi connectivity index (χ1n) is 10.7. The van der Waals surface area contributed by atoms with Crippen molar-refractivity contribution in [2.75, 3.05) is 11.4 Å². The van der Waals surface area contributed by atoms with Crippen LogP contribution in [0.25, 0.3) is 0 Å². The minimum Gasteiger partial charge on any atom is -0.361 e. The zero-order chi connectivity index (χ0) is 24.5. The van der Waals surface area contributed by atoms with Crippen molar-refractivity contribution in [1.82, 2.24) is 14.3 Å². The van der Waals surface area contributed by atoms with E-state index in [1.807, 2.05) is 4.90 Å². The smallest absolute Gasteiger partial charge is 0.361 e. The number of fused-ring (bicyclic) bond motifs is 1. The molecule has 0 fully saturated rings. The van der Waals surface area contributed by atoms with Crippen LogP contribution >= 0.6 is 0 Å². The molecule has 182 valence electrons. The predicted molar refractivity (Wildman–Crippen MR) is 120 cm³/mol. The Morgan fingerprint density at radius 3 is 2.53 bits per heavy atom. The van der Waals surface area contributed by atoms with Gasteiger partial charge in [0.15, 0.2) is 0 Å². The van der Waals surface area contributed by atoms with Gasteiger partial charge in [0.1, 0.15) is 5.82 Å². The highest BCUT2D eigenvalue weighted by Crippen LogP contribution is 2.37. The van der Waals surface area contributed by atoms with Crippen LogP contribution in [-0.2, 0) is 29.5 Å². The van der Waals surface area contributed by atoms with Crippen molar-refractivity contribution in [3.8, 4) is 0 Å². The van der Waals surface area contributed by atoms with E-state index in [9.17, 15) is 26.0 Å². The highest BCUT2D eigenvalue weighted by atomic mass is 32.2. The van der Waals surface area contributed by atoms with Crippen molar-refractivity contribution in [2.45, 2.75) is 44.4 Å². The second-order valence-electron chi connectivity index (χ2n) is 8.34. The van der Waals surface area contributed by atoms with Crippen molar-refractivity contribution in [3.63, 3.8) is 0 Å². The Kier molecular flexibility index (Phi) is 6.68. The number of halogens is 4. The summed E-state index contributed by atoms with van der Waals surface area (Å²) in [6.07, 6.45) is 3.93. The van der Waals surface area contributed by atoms with E-state index in [1.165, 1.54) is 18.5 Å². The van der Waals surface area contributed by atoms with E-state index in [-0.39, 0.29) is 18.9 Å². The van der Waals surface area contributed by atoms with Crippen LogP contribution in [0.2, 0.25) is 0 Å². The van der Waals surface area contributed by atoms with E-state index >= 15 is 0 Å². The molecule has 1 atom stereocenters. The molecule has 2 heterocycles. The summed E-state index contributed by atoms with van der Waals surface area (Å²) < 4.78 is 79.5. The molecule has 1 aliphatic rings. The van der Waals surface area contributed by atoms with E-state index in [4.69, 9.17) is 0 Å². The molecule has 0 saturated heterocycles. The highest BCUT2D eigenvalue weighted by Gasteiger charge is 2.51. The molecular weight excluding hydrogens is 472 g/mol. The first-order valence-corrected chi connectivity index (χ1v) is 12.1. The van der Waals surface area contributed by atoms with Gasteiger partial charge >= 0.3 is 15.5 Å². The molecule has 0 bridgehead atoms. The van der Waals surface area contributed by atoms with Crippen molar-refractivity contribution < 1.29 is 26.0 Å². The van der Waals surface area contributed by atoms with E-state index < -0.39 is 21.6 Å². The number of sulfonamides is 1. The number of nitrogens with zero attached hydrogens (tertiary/aromatic N) is 3. The Morgan fingerprint density at radius 1 is 1.15 bits per heavy atom. The van der Waals surface area contributed by atoms with Gasteiger partial charge in [-0.25, -0.2) is 17.8 Å². The fourth-order valence-electron chi connectivity index (χ4n) is 4.26. The summed E-state index contributed by atoms with van der Waals surface area (Å²) in [7, 11) is -5.55. The van der Waals surface area contributed by atoms with Gasteiger partial charge in [0.25, 0.3) is 0 Å². The van der Waals surface area contributed by atoms with Crippen LogP contribution in [0.15, 0.2) is 55.0 Å². The van der Waals surface area contributed by atoms with Crippen LogP contribution in [0.3, 0.4) is 0 Å². The number of hydrogen-bond donors (Lipinski definition) is 1. The standard InChI is InChI=1S/C23H24F4N4O2S/c1-16-3-2-4-22-21(16)14-30(34(32,33)23(25,26)27)13-20(31(22)12-19-11-28-15-29-19)10-7-17-5-8-18(24)9-6-17/h2-6,8-9,11,15,20H,7,10,12-14H2,1H3,(H,28,29)/t20-/m0/s1. The average molecular weight is 497 g/mol. The molecule has 0 saturated carbocycles. The molecule has 1 aromatic heterocycles. The first-order chi connectivity index (χ1) is 16.1. The second kappa shape index (κ2) is 9.38. The molecule has 0 radical (unpaired) electrons. The SMILES string of the molecule is Cc1cccc2c1CN(S(=O)(=O)C(F)(F)F)C[C@H](CCc1ccc(F)cc1)N2Cc1cnc[nH]1. The number of aryl methyl sites for hydroxylation is 2. The number of anilines is 1. The van der Waals surface area contributed by atoms with Crippen molar-refractivity contribution in [1.29, 1.82) is 0 Å². The topological polar surface area (TPSA) is 69.3 Å². The number of nitrogens with one attached hydrogen (secondary N) is 1. The molecule has 6 nitrogen and oxygen atoms in total. The molecule has 1 N–H and O–H groups in total. The summed E-state index contributed by atoms with van der Waals surface area (Å²) >= 11 is 0. The Labute approximate surface area is 195 Å². The lowest BCUT2D eigenvalue weighted by Gasteiger charge is -2.34. The predicted octanol–water partition coefficient (Wildman–Crippen LogP) is 4.53. The summed E-state index contributed by atoms with van der Waals surface area (Å²) in [5, 5.41) is 0. The number of benzene rings is 2. The lowest BCUT2D eigenvalue weighted by Crippen LogP contribution is -2.47. The van der Waals surface area contributed by atoms with Crippen LogP contribution in [0.4, 0.5) is 23.2 Å². The number of rotatable bonds is 6. The molecule has 4 rings (SSSR count). The Morgan fingerprint density at radius 2 is 1.88 bits per heavy atom. The number of aromatic nitrogens is 2. The Balaban J connectivity index is 1.76. The fraction of sp³-hybridized carbons (Fsp3) is 0.348. The Bertz CT molecular complexity index is 1230. The van der Waals surface area contributed by atoms with Gasteiger partial charge in [0, 0.05) is 31.0 Å². The van der Waals surface area contributed by atoms with Crippen molar-refractivity contribution in [2.24, 2.45) is 0 Å². The number of hydrogen-bond acceptors (Lipinski definition) is 4. The maximum atomic E-state index is 13.6. The summed E-state index contributed by atoms with van der Waals surface area (Å²) in [6, 6.07) is 10.7. The van der Waals surface area contributed by atoms with Gasteiger partial charge < -0.3 is 9.88 Å². The molecule has 11 heteroatoms. The van der Waals surface area contributed by atoms with Crippen LogP contribution in [0.1, 0.15) is 28.8 Å².